The van der Waals surface area contributed by atoms with Crippen molar-refractivity contribution in [3.8, 4) is 0 Å². The van der Waals surface area contributed by atoms with Gasteiger partial charge in [-0.05, 0) is 24.5 Å². The van der Waals surface area contributed by atoms with Crippen LogP contribution in [0.5, 0.6) is 0 Å². The Kier molecular flexibility index (Phi) is 5.90. The Morgan fingerprint density at radius 2 is 2.06 bits per heavy atom. The average Bonchev–Trinajstić information content (AvgIpc) is 2.28. The van der Waals surface area contributed by atoms with Crippen LogP contribution in [0.15, 0.2) is 24.3 Å². The minimum Gasteiger partial charge on any atom is -0.396 e. The molecular weight excluding hydrogens is 226 g/mol. The highest BCUT2D eigenvalue weighted by Gasteiger charge is 2.02. The first-order valence-corrected chi connectivity index (χ1v) is 5.73. The van der Waals surface area contributed by atoms with Crippen molar-refractivity contribution in [1.82, 2.24) is 5.32 Å². The van der Waals surface area contributed by atoms with Gasteiger partial charge in [0.25, 0.3) is 0 Å². The van der Waals surface area contributed by atoms with E-state index < -0.39 is 0 Å². The normalized spacial score (nSPS) is 10.1. The van der Waals surface area contributed by atoms with Crippen molar-refractivity contribution in [1.29, 1.82) is 0 Å². The van der Waals surface area contributed by atoms with Gasteiger partial charge < -0.3 is 10.4 Å². The molecule has 0 aliphatic rings. The van der Waals surface area contributed by atoms with Crippen molar-refractivity contribution in [2.24, 2.45) is 0 Å². The van der Waals surface area contributed by atoms with Crippen LogP contribution in [-0.4, -0.2) is 17.6 Å². The third kappa shape index (κ3) is 4.64. The molecule has 16 heavy (non-hydrogen) atoms. The van der Waals surface area contributed by atoms with Gasteiger partial charge in [-0.15, -0.1) is 0 Å². The molecule has 88 valence electrons. The second kappa shape index (κ2) is 7.25. The first kappa shape index (κ1) is 13.0. The molecule has 0 heterocycles. The molecule has 1 aromatic carbocycles. The summed E-state index contributed by atoms with van der Waals surface area (Å²) in [5.74, 6) is -0.00614. The van der Waals surface area contributed by atoms with Crippen LogP contribution in [-0.2, 0) is 11.3 Å². The number of hydrogen-bond acceptors (Lipinski definition) is 2. The Bertz CT molecular complexity index is 342. The highest BCUT2D eigenvalue weighted by Crippen LogP contribution is 2.14. The number of nitrogens with one attached hydrogen (secondary N) is 1. The largest absolute Gasteiger partial charge is 0.396 e. The molecule has 0 saturated carbocycles. The van der Waals surface area contributed by atoms with Gasteiger partial charge in [0.2, 0.25) is 5.91 Å². The van der Waals surface area contributed by atoms with Gasteiger partial charge in [-0.1, -0.05) is 29.8 Å². The Labute approximate surface area is 100 Å². The first-order valence-electron chi connectivity index (χ1n) is 5.35. The molecule has 0 fully saturated rings. The second-order valence-corrected chi connectivity index (χ2v) is 3.96. The van der Waals surface area contributed by atoms with E-state index in [2.05, 4.69) is 5.32 Å². The van der Waals surface area contributed by atoms with Gasteiger partial charge in [-0.25, -0.2) is 0 Å². The van der Waals surface area contributed by atoms with E-state index in [-0.39, 0.29) is 12.5 Å². The zero-order valence-electron chi connectivity index (χ0n) is 9.08. The molecule has 4 heteroatoms. The molecule has 0 saturated heterocycles. The molecule has 0 radical (unpaired) electrons. The summed E-state index contributed by atoms with van der Waals surface area (Å²) in [6.07, 6.45) is 1.83. The van der Waals surface area contributed by atoms with Crippen LogP contribution in [0.2, 0.25) is 5.02 Å². The molecule has 0 aromatic heterocycles. The minimum atomic E-state index is -0.00614. The SMILES string of the molecule is O=C(CCCCO)NCc1ccccc1Cl. The number of carbonyl (C=O) groups is 1. The van der Waals surface area contributed by atoms with Crippen molar-refractivity contribution in [2.75, 3.05) is 6.61 Å². The number of hydrogen-bond donors (Lipinski definition) is 2. The second-order valence-electron chi connectivity index (χ2n) is 3.55. The lowest BCUT2D eigenvalue weighted by molar-refractivity contribution is -0.121. The van der Waals surface area contributed by atoms with Crippen LogP contribution in [0.3, 0.4) is 0 Å². The van der Waals surface area contributed by atoms with E-state index in [9.17, 15) is 4.79 Å². The van der Waals surface area contributed by atoms with Crippen LogP contribution >= 0.6 is 11.6 Å². The van der Waals surface area contributed by atoms with E-state index in [1.807, 2.05) is 18.2 Å². The number of rotatable bonds is 6. The quantitative estimate of drug-likeness (QED) is 0.750. The van der Waals surface area contributed by atoms with E-state index in [0.29, 0.717) is 30.8 Å². The lowest BCUT2D eigenvalue weighted by Gasteiger charge is -2.06. The van der Waals surface area contributed by atoms with Crippen molar-refractivity contribution in [3.05, 3.63) is 34.9 Å². The summed E-state index contributed by atoms with van der Waals surface area (Å²) in [4.78, 5) is 11.4. The fourth-order valence-corrected chi connectivity index (χ4v) is 1.52. The molecule has 1 amide bonds. The van der Waals surface area contributed by atoms with E-state index in [0.717, 1.165) is 5.56 Å². The summed E-state index contributed by atoms with van der Waals surface area (Å²) in [7, 11) is 0. The lowest BCUT2D eigenvalue weighted by atomic mass is 10.2. The smallest absolute Gasteiger partial charge is 0.220 e. The predicted octanol–water partition coefficient (Wildman–Crippen LogP) is 2.12. The molecule has 2 N–H and O–H groups in total. The number of carbonyl (C=O) groups excluding carboxylic acids is 1. The van der Waals surface area contributed by atoms with Crippen molar-refractivity contribution in [2.45, 2.75) is 25.8 Å². The highest BCUT2D eigenvalue weighted by molar-refractivity contribution is 6.31. The summed E-state index contributed by atoms with van der Waals surface area (Å²) in [5, 5.41) is 12.0. The topological polar surface area (TPSA) is 49.3 Å². The number of benzene rings is 1. The number of halogens is 1. The van der Waals surface area contributed by atoms with Crippen molar-refractivity contribution in [3.63, 3.8) is 0 Å². The van der Waals surface area contributed by atoms with Gasteiger partial charge in [-0.2, -0.15) is 0 Å². The molecular formula is C12H16ClNO2. The Balaban J connectivity index is 2.29. The minimum absolute atomic E-state index is 0.00614. The van der Waals surface area contributed by atoms with E-state index in [1.54, 1.807) is 6.07 Å². The van der Waals surface area contributed by atoms with Gasteiger partial charge in [0.05, 0.1) is 0 Å². The van der Waals surface area contributed by atoms with Crippen LogP contribution in [0.4, 0.5) is 0 Å². The average molecular weight is 242 g/mol. The molecule has 3 nitrogen and oxygen atoms in total. The lowest BCUT2D eigenvalue weighted by Crippen LogP contribution is -2.22. The zero-order valence-corrected chi connectivity index (χ0v) is 9.83. The Morgan fingerprint density at radius 1 is 1.31 bits per heavy atom. The molecule has 0 unspecified atom stereocenters. The third-order valence-corrected chi connectivity index (χ3v) is 2.61. The molecule has 0 atom stereocenters. The summed E-state index contributed by atoms with van der Waals surface area (Å²) in [5.41, 5.74) is 0.916. The molecule has 1 rings (SSSR count). The Morgan fingerprint density at radius 3 is 2.75 bits per heavy atom. The standard InChI is InChI=1S/C12H16ClNO2/c13-11-6-2-1-5-10(11)9-14-12(16)7-3-4-8-15/h1-2,5-6,15H,3-4,7-9H2,(H,14,16). The number of amides is 1. The molecule has 0 aliphatic heterocycles. The number of aliphatic hydroxyl groups excluding tert-OH is 1. The third-order valence-electron chi connectivity index (χ3n) is 2.25. The predicted molar refractivity (Wildman–Crippen MR) is 64.2 cm³/mol. The van der Waals surface area contributed by atoms with E-state index in [4.69, 9.17) is 16.7 Å². The fourth-order valence-electron chi connectivity index (χ4n) is 1.32. The van der Waals surface area contributed by atoms with Gasteiger partial charge >= 0.3 is 0 Å². The summed E-state index contributed by atoms with van der Waals surface area (Å²) in [6.45, 7) is 0.593. The molecule has 0 spiro atoms. The molecule has 0 aliphatic carbocycles. The van der Waals surface area contributed by atoms with Crippen LogP contribution in [0.25, 0.3) is 0 Å². The summed E-state index contributed by atoms with van der Waals surface area (Å²) in [6, 6.07) is 7.43. The van der Waals surface area contributed by atoms with Gasteiger partial charge in [-0.3, -0.25) is 4.79 Å². The summed E-state index contributed by atoms with van der Waals surface area (Å²) >= 11 is 5.95. The fraction of sp³-hybridized carbons (Fsp3) is 0.417. The van der Waals surface area contributed by atoms with Gasteiger partial charge in [0.15, 0.2) is 0 Å². The maximum absolute atomic E-state index is 11.4. The maximum atomic E-state index is 11.4. The first-order chi connectivity index (χ1) is 7.74. The molecule has 1 aromatic rings. The zero-order chi connectivity index (χ0) is 11.8. The monoisotopic (exact) mass is 241 g/mol. The van der Waals surface area contributed by atoms with Gasteiger partial charge in [0.1, 0.15) is 0 Å². The summed E-state index contributed by atoms with van der Waals surface area (Å²) < 4.78 is 0. The highest BCUT2D eigenvalue weighted by atomic mass is 35.5. The van der Waals surface area contributed by atoms with Crippen LogP contribution < -0.4 is 5.32 Å². The van der Waals surface area contributed by atoms with Crippen molar-refractivity contribution >= 4 is 17.5 Å². The van der Waals surface area contributed by atoms with Gasteiger partial charge in [0, 0.05) is 24.6 Å². The molecule has 0 bridgehead atoms. The number of aliphatic hydroxyl groups is 1. The van der Waals surface area contributed by atoms with Crippen LogP contribution in [0.1, 0.15) is 24.8 Å². The Hall–Kier alpha value is -1.06. The maximum Gasteiger partial charge on any atom is 0.220 e. The van der Waals surface area contributed by atoms with E-state index in [1.165, 1.54) is 0 Å². The number of unbranched alkanes of at least 4 members (excludes halogenated alkanes) is 1. The van der Waals surface area contributed by atoms with E-state index >= 15 is 0 Å². The van der Waals surface area contributed by atoms with Crippen LogP contribution in [0, 0.1) is 0 Å². The van der Waals surface area contributed by atoms with Crippen molar-refractivity contribution < 1.29 is 9.90 Å².